The fourth-order valence-corrected chi connectivity index (χ4v) is 3.58. The molecule has 2 nitrogen and oxygen atoms in total. The zero-order valence-corrected chi connectivity index (χ0v) is 9.70. The third kappa shape index (κ3) is 0.952. The van der Waals surface area contributed by atoms with Gasteiger partial charge in [0, 0.05) is 11.9 Å². The lowest BCUT2D eigenvalue weighted by molar-refractivity contribution is -0.221. The van der Waals surface area contributed by atoms with Crippen LogP contribution in [0.3, 0.4) is 0 Å². The van der Waals surface area contributed by atoms with Gasteiger partial charge in [-0.2, -0.15) is 0 Å². The molecular weight excluding hydrogens is 175 g/mol. The van der Waals surface area contributed by atoms with Crippen LogP contribution in [-0.2, 0) is 9.47 Å². The molecule has 2 fully saturated rings. The number of ether oxygens (including phenoxy) is 2. The predicted octanol–water partition coefficient (Wildman–Crippen LogP) is 1.72. The van der Waals surface area contributed by atoms with Crippen LogP contribution in [-0.4, -0.2) is 31.2 Å². The Balaban J connectivity index is 2.43. The van der Waals surface area contributed by atoms with Crippen molar-refractivity contribution in [1.82, 2.24) is 0 Å². The van der Waals surface area contributed by atoms with Gasteiger partial charge in [0.1, 0.15) is 13.4 Å². The molecule has 2 saturated heterocycles. The molecule has 0 N–H and O–H groups in total. The highest BCUT2D eigenvalue weighted by molar-refractivity contribution is 6.11. The number of fused-ring (bicyclic) bond motifs is 2. The van der Waals surface area contributed by atoms with Gasteiger partial charge in [0.05, 0.1) is 11.7 Å². The number of rotatable bonds is 1. The van der Waals surface area contributed by atoms with Crippen LogP contribution in [0, 0.1) is 11.8 Å². The molecule has 0 amide bonds. The van der Waals surface area contributed by atoms with Gasteiger partial charge < -0.3 is 9.47 Å². The van der Waals surface area contributed by atoms with E-state index in [9.17, 15) is 0 Å². The molecule has 0 saturated carbocycles. The van der Waals surface area contributed by atoms with Crippen molar-refractivity contribution in [3.8, 4) is 0 Å². The average molecular weight is 194 g/mol. The highest BCUT2D eigenvalue weighted by Crippen LogP contribution is 2.56. The van der Waals surface area contributed by atoms with Crippen molar-refractivity contribution in [2.75, 3.05) is 0 Å². The van der Waals surface area contributed by atoms with E-state index in [0.717, 1.165) is 0 Å². The van der Waals surface area contributed by atoms with E-state index in [1.165, 1.54) is 0 Å². The molecule has 0 aromatic rings. The molecule has 2 heterocycles. The zero-order valence-electron chi connectivity index (χ0n) is 9.70. The first kappa shape index (κ1) is 10.5. The third-order valence-electron chi connectivity index (χ3n) is 4.05. The molecule has 2 rings (SSSR count). The Morgan fingerprint density at radius 1 is 1.21 bits per heavy atom. The normalized spacial score (nSPS) is 50.3. The zero-order chi connectivity index (χ0) is 10.7. The van der Waals surface area contributed by atoms with Crippen molar-refractivity contribution in [1.29, 1.82) is 0 Å². The van der Waals surface area contributed by atoms with E-state index < -0.39 is 0 Å². The van der Waals surface area contributed by atoms with Gasteiger partial charge in [0.15, 0.2) is 0 Å². The molecular formula is C11H19BO2. The summed E-state index contributed by atoms with van der Waals surface area (Å²) in [5.41, 5.74) is -0.432. The van der Waals surface area contributed by atoms with Crippen molar-refractivity contribution in [3.63, 3.8) is 0 Å². The van der Waals surface area contributed by atoms with Crippen LogP contribution in [0.4, 0.5) is 0 Å². The first-order chi connectivity index (χ1) is 6.33. The molecule has 2 radical (unpaired) electrons. The van der Waals surface area contributed by atoms with E-state index in [2.05, 4.69) is 34.6 Å². The van der Waals surface area contributed by atoms with Gasteiger partial charge in [-0.25, -0.2) is 0 Å². The summed E-state index contributed by atoms with van der Waals surface area (Å²) in [5, 5.41) is 0. The highest BCUT2D eigenvalue weighted by Gasteiger charge is 2.67. The lowest BCUT2D eigenvalue weighted by atomic mass is 9.71. The van der Waals surface area contributed by atoms with E-state index in [1.54, 1.807) is 0 Å². The standard InChI is InChI=1S/C11H19BO2/c1-6(2)11-7(3)8(9(12)14-11)13-10(11,4)5/h6-9H,1-5H3/t7?,8-,9+,11+/m0/s1. The molecule has 4 atom stereocenters. The summed E-state index contributed by atoms with van der Waals surface area (Å²) in [6.45, 7) is 10.8. The predicted molar refractivity (Wildman–Crippen MR) is 56.3 cm³/mol. The molecule has 0 aromatic heterocycles. The molecule has 1 unspecified atom stereocenters. The lowest BCUT2D eigenvalue weighted by Crippen LogP contribution is -2.56. The molecule has 14 heavy (non-hydrogen) atoms. The Hall–Kier alpha value is -0.0151. The van der Waals surface area contributed by atoms with E-state index in [1.807, 2.05) is 0 Å². The fraction of sp³-hybridized carbons (Fsp3) is 1.00. The maximum absolute atomic E-state index is 5.99. The van der Waals surface area contributed by atoms with Crippen LogP contribution in [0.15, 0.2) is 0 Å². The van der Waals surface area contributed by atoms with Crippen LogP contribution in [0.25, 0.3) is 0 Å². The summed E-state index contributed by atoms with van der Waals surface area (Å²) >= 11 is 0. The summed E-state index contributed by atoms with van der Waals surface area (Å²) in [6, 6.07) is -0.250. The number of hydrogen-bond acceptors (Lipinski definition) is 2. The number of hydrogen-bond donors (Lipinski definition) is 0. The molecule has 0 aromatic carbocycles. The van der Waals surface area contributed by atoms with Gasteiger partial charge in [0.25, 0.3) is 0 Å². The molecule has 2 bridgehead atoms. The maximum Gasteiger partial charge on any atom is 0.112 e. The van der Waals surface area contributed by atoms with Gasteiger partial charge >= 0.3 is 0 Å². The monoisotopic (exact) mass is 194 g/mol. The van der Waals surface area contributed by atoms with E-state index >= 15 is 0 Å². The van der Waals surface area contributed by atoms with Crippen molar-refractivity contribution in [3.05, 3.63) is 0 Å². The first-order valence-corrected chi connectivity index (χ1v) is 5.44. The average Bonchev–Trinajstić information content (AvgIpc) is 2.38. The van der Waals surface area contributed by atoms with Crippen LogP contribution in [0.5, 0.6) is 0 Å². The topological polar surface area (TPSA) is 18.5 Å². The largest absolute Gasteiger partial charge is 0.375 e. The van der Waals surface area contributed by atoms with E-state index in [-0.39, 0.29) is 23.3 Å². The summed E-state index contributed by atoms with van der Waals surface area (Å²) in [6.07, 6.45) is 0.0624. The van der Waals surface area contributed by atoms with Crippen LogP contribution in [0.1, 0.15) is 34.6 Å². The maximum atomic E-state index is 5.99. The third-order valence-corrected chi connectivity index (χ3v) is 4.05. The van der Waals surface area contributed by atoms with Gasteiger partial charge in [-0.3, -0.25) is 0 Å². The Morgan fingerprint density at radius 3 is 2.07 bits per heavy atom. The van der Waals surface area contributed by atoms with Crippen LogP contribution in [0.2, 0.25) is 0 Å². The van der Waals surface area contributed by atoms with Crippen LogP contribution >= 0.6 is 0 Å². The Bertz CT molecular complexity index is 252. The van der Waals surface area contributed by atoms with Gasteiger partial charge in [-0.05, 0) is 19.8 Å². The Morgan fingerprint density at radius 2 is 1.79 bits per heavy atom. The Kier molecular flexibility index (Phi) is 2.07. The van der Waals surface area contributed by atoms with Crippen molar-refractivity contribution in [2.24, 2.45) is 11.8 Å². The van der Waals surface area contributed by atoms with E-state index in [4.69, 9.17) is 17.3 Å². The second-order valence-electron chi connectivity index (χ2n) is 5.41. The smallest absolute Gasteiger partial charge is 0.112 e. The quantitative estimate of drug-likeness (QED) is 0.591. The van der Waals surface area contributed by atoms with Gasteiger partial charge in [0.2, 0.25) is 0 Å². The van der Waals surface area contributed by atoms with Gasteiger partial charge in [-0.1, -0.05) is 20.8 Å². The Labute approximate surface area is 87.8 Å². The second-order valence-corrected chi connectivity index (χ2v) is 5.41. The SMILES string of the molecule is [B][C@@H]1O[C@]2(C(C)C)C(C)[C@@H]1OC2(C)C. The minimum Gasteiger partial charge on any atom is -0.375 e. The molecule has 78 valence electrons. The molecule has 2 aliphatic rings. The minimum atomic E-state index is -0.250. The van der Waals surface area contributed by atoms with Crippen molar-refractivity contribution < 1.29 is 9.47 Å². The molecule has 0 spiro atoms. The fourth-order valence-electron chi connectivity index (χ4n) is 3.58. The van der Waals surface area contributed by atoms with Gasteiger partial charge in [-0.15, -0.1) is 0 Å². The molecule has 3 heteroatoms. The molecule has 2 aliphatic heterocycles. The second kappa shape index (κ2) is 2.76. The molecule has 0 aliphatic carbocycles. The summed E-state index contributed by atoms with van der Waals surface area (Å²) in [5.74, 6) is 0.804. The summed E-state index contributed by atoms with van der Waals surface area (Å²) < 4.78 is 12.0. The lowest BCUT2D eigenvalue weighted by Gasteiger charge is -2.46. The first-order valence-electron chi connectivity index (χ1n) is 5.44. The summed E-state index contributed by atoms with van der Waals surface area (Å²) in [4.78, 5) is 0. The van der Waals surface area contributed by atoms with Crippen molar-refractivity contribution in [2.45, 2.75) is 57.9 Å². The van der Waals surface area contributed by atoms with Crippen LogP contribution < -0.4 is 0 Å². The minimum absolute atomic E-state index is 0.0624. The highest BCUT2D eigenvalue weighted by atomic mass is 16.6. The summed E-state index contributed by atoms with van der Waals surface area (Å²) in [7, 11) is 5.91. The van der Waals surface area contributed by atoms with Crippen molar-refractivity contribution >= 4 is 7.85 Å². The van der Waals surface area contributed by atoms with E-state index in [0.29, 0.717) is 11.8 Å².